The standard InChI is InChI=1S/C11H17NO2/c12-8-2-1-3-9-7(6-8)4-5-10(13)11(9)14/h5,7-8,13-14H,1-4,6,12H2. The first kappa shape index (κ1) is 9.59. The van der Waals surface area contributed by atoms with E-state index in [-0.39, 0.29) is 17.6 Å². The Morgan fingerprint density at radius 2 is 2.14 bits per heavy atom. The van der Waals surface area contributed by atoms with Crippen LogP contribution in [0.4, 0.5) is 0 Å². The molecule has 1 saturated carbocycles. The van der Waals surface area contributed by atoms with Crippen LogP contribution in [0.15, 0.2) is 23.2 Å². The van der Waals surface area contributed by atoms with E-state index in [9.17, 15) is 10.2 Å². The molecule has 0 aromatic rings. The van der Waals surface area contributed by atoms with Crippen LogP contribution in [0.2, 0.25) is 0 Å². The van der Waals surface area contributed by atoms with Gasteiger partial charge in [0.1, 0.15) is 0 Å². The summed E-state index contributed by atoms with van der Waals surface area (Å²) in [4.78, 5) is 0. The second-order valence-electron chi connectivity index (χ2n) is 4.28. The Morgan fingerprint density at radius 1 is 1.36 bits per heavy atom. The normalized spacial score (nSPS) is 33.4. The minimum absolute atomic E-state index is 0.0479. The van der Waals surface area contributed by atoms with Gasteiger partial charge in [0.05, 0.1) is 0 Å². The van der Waals surface area contributed by atoms with Gasteiger partial charge in [0.2, 0.25) is 0 Å². The number of rotatable bonds is 0. The van der Waals surface area contributed by atoms with Gasteiger partial charge in [-0.3, -0.25) is 0 Å². The van der Waals surface area contributed by atoms with E-state index in [1.54, 1.807) is 6.08 Å². The van der Waals surface area contributed by atoms with Crippen LogP contribution >= 0.6 is 0 Å². The average Bonchev–Trinajstić information content (AvgIpc) is 2.34. The summed E-state index contributed by atoms with van der Waals surface area (Å²) in [5, 5.41) is 19.1. The number of hydrogen-bond donors (Lipinski definition) is 3. The summed E-state index contributed by atoms with van der Waals surface area (Å²) in [5.74, 6) is 0.505. The second-order valence-corrected chi connectivity index (χ2v) is 4.28. The Labute approximate surface area is 83.9 Å². The number of nitrogens with two attached hydrogens (primary N) is 1. The van der Waals surface area contributed by atoms with Crippen molar-refractivity contribution < 1.29 is 10.2 Å². The maximum atomic E-state index is 9.70. The Morgan fingerprint density at radius 3 is 2.93 bits per heavy atom. The summed E-state index contributed by atoms with van der Waals surface area (Å²) in [6.45, 7) is 0. The van der Waals surface area contributed by atoms with E-state index in [0.717, 1.165) is 37.7 Å². The monoisotopic (exact) mass is 195 g/mol. The van der Waals surface area contributed by atoms with Gasteiger partial charge < -0.3 is 15.9 Å². The van der Waals surface area contributed by atoms with E-state index < -0.39 is 0 Å². The molecule has 2 aliphatic carbocycles. The molecular formula is C11H17NO2. The largest absolute Gasteiger partial charge is 0.504 e. The maximum Gasteiger partial charge on any atom is 0.156 e. The van der Waals surface area contributed by atoms with Gasteiger partial charge >= 0.3 is 0 Å². The lowest BCUT2D eigenvalue weighted by atomic mass is 9.85. The Kier molecular flexibility index (Phi) is 2.50. The molecule has 2 aliphatic rings. The van der Waals surface area contributed by atoms with E-state index in [1.807, 2.05) is 0 Å². The van der Waals surface area contributed by atoms with Crippen molar-refractivity contribution >= 4 is 0 Å². The molecule has 0 heterocycles. The van der Waals surface area contributed by atoms with E-state index >= 15 is 0 Å². The maximum absolute atomic E-state index is 9.70. The van der Waals surface area contributed by atoms with Gasteiger partial charge in [0.15, 0.2) is 11.5 Å². The summed E-state index contributed by atoms with van der Waals surface area (Å²) >= 11 is 0. The first-order valence-electron chi connectivity index (χ1n) is 5.25. The molecule has 0 radical (unpaired) electrons. The number of fused-ring (bicyclic) bond motifs is 1. The third kappa shape index (κ3) is 1.64. The van der Waals surface area contributed by atoms with Crippen LogP contribution < -0.4 is 5.73 Å². The summed E-state index contributed by atoms with van der Waals surface area (Å²) in [7, 11) is 0. The Hall–Kier alpha value is -0.960. The van der Waals surface area contributed by atoms with Gasteiger partial charge in [0.25, 0.3) is 0 Å². The fourth-order valence-corrected chi connectivity index (χ4v) is 2.45. The van der Waals surface area contributed by atoms with Gasteiger partial charge in [-0.1, -0.05) is 0 Å². The fraction of sp³-hybridized carbons (Fsp3) is 0.636. The van der Waals surface area contributed by atoms with Crippen LogP contribution in [0.5, 0.6) is 0 Å². The lowest BCUT2D eigenvalue weighted by Crippen LogP contribution is -2.23. The first-order valence-corrected chi connectivity index (χ1v) is 5.25. The summed E-state index contributed by atoms with van der Waals surface area (Å²) in [5.41, 5.74) is 6.95. The van der Waals surface area contributed by atoms with Crippen molar-refractivity contribution in [3.05, 3.63) is 23.2 Å². The van der Waals surface area contributed by atoms with E-state index in [0.29, 0.717) is 5.92 Å². The van der Waals surface area contributed by atoms with Crippen LogP contribution in [0, 0.1) is 5.92 Å². The third-order valence-corrected chi connectivity index (χ3v) is 3.24. The molecule has 1 fully saturated rings. The van der Waals surface area contributed by atoms with Crippen LogP contribution in [0.1, 0.15) is 32.1 Å². The Balaban J connectivity index is 2.25. The van der Waals surface area contributed by atoms with E-state index in [2.05, 4.69) is 0 Å². The summed E-state index contributed by atoms with van der Waals surface area (Å²) in [6.07, 6.45) is 6.37. The molecule has 2 rings (SSSR count). The molecule has 14 heavy (non-hydrogen) atoms. The molecule has 0 bridgehead atoms. The molecule has 2 unspecified atom stereocenters. The van der Waals surface area contributed by atoms with E-state index in [4.69, 9.17) is 5.73 Å². The van der Waals surface area contributed by atoms with Gasteiger partial charge in [-0.05, 0) is 49.7 Å². The molecule has 0 aliphatic heterocycles. The predicted molar refractivity (Wildman–Crippen MR) is 54.9 cm³/mol. The molecule has 0 amide bonds. The molecule has 78 valence electrons. The number of aliphatic hydroxyl groups excluding tert-OH is 2. The highest BCUT2D eigenvalue weighted by molar-refractivity contribution is 5.31. The molecular weight excluding hydrogens is 178 g/mol. The zero-order valence-electron chi connectivity index (χ0n) is 8.24. The Bertz CT molecular complexity index is 294. The van der Waals surface area contributed by atoms with Crippen LogP contribution in [-0.2, 0) is 0 Å². The number of aliphatic hydroxyl groups is 2. The quantitative estimate of drug-likeness (QED) is 0.555. The van der Waals surface area contributed by atoms with Crippen molar-refractivity contribution in [2.75, 3.05) is 0 Å². The van der Waals surface area contributed by atoms with Crippen molar-refractivity contribution in [1.29, 1.82) is 0 Å². The van der Waals surface area contributed by atoms with Crippen LogP contribution in [0.3, 0.4) is 0 Å². The number of allylic oxidation sites excluding steroid dienone is 2. The zero-order chi connectivity index (χ0) is 10.1. The van der Waals surface area contributed by atoms with Crippen LogP contribution in [0.25, 0.3) is 0 Å². The molecule has 0 spiro atoms. The van der Waals surface area contributed by atoms with Crippen molar-refractivity contribution in [1.82, 2.24) is 0 Å². The topological polar surface area (TPSA) is 66.5 Å². The van der Waals surface area contributed by atoms with Crippen LogP contribution in [-0.4, -0.2) is 16.3 Å². The van der Waals surface area contributed by atoms with Crippen molar-refractivity contribution in [2.45, 2.75) is 38.1 Å². The van der Waals surface area contributed by atoms with Crippen molar-refractivity contribution in [2.24, 2.45) is 11.7 Å². The van der Waals surface area contributed by atoms with Gasteiger partial charge in [0, 0.05) is 6.04 Å². The lowest BCUT2D eigenvalue weighted by Gasteiger charge is -2.23. The van der Waals surface area contributed by atoms with E-state index in [1.165, 1.54) is 0 Å². The molecule has 0 saturated heterocycles. The third-order valence-electron chi connectivity index (χ3n) is 3.24. The molecule has 3 nitrogen and oxygen atoms in total. The minimum Gasteiger partial charge on any atom is -0.504 e. The molecule has 3 heteroatoms. The summed E-state index contributed by atoms with van der Waals surface area (Å²) in [6, 6.07) is 0.249. The highest BCUT2D eigenvalue weighted by Crippen LogP contribution is 2.36. The SMILES string of the molecule is NC1CCCC2=C(O)C(O)=CCC2C1. The van der Waals surface area contributed by atoms with Gasteiger partial charge in [-0.25, -0.2) is 0 Å². The first-order chi connectivity index (χ1) is 6.68. The highest BCUT2D eigenvalue weighted by Gasteiger charge is 2.27. The number of hydrogen-bond acceptors (Lipinski definition) is 3. The average molecular weight is 195 g/mol. The zero-order valence-corrected chi connectivity index (χ0v) is 8.24. The highest BCUT2D eigenvalue weighted by atomic mass is 16.3. The molecule has 0 aromatic heterocycles. The second kappa shape index (κ2) is 3.65. The lowest BCUT2D eigenvalue weighted by molar-refractivity contribution is 0.300. The molecule has 0 aromatic carbocycles. The van der Waals surface area contributed by atoms with Gasteiger partial charge in [-0.15, -0.1) is 0 Å². The summed E-state index contributed by atoms with van der Waals surface area (Å²) < 4.78 is 0. The predicted octanol–water partition coefficient (Wildman–Crippen LogP) is 2.16. The van der Waals surface area contributed by atoms with Gasteiger partial charge in [-0.2, -0.15) is 0 Å². The molecule has 2 atom stereocenters. The smallest absolute Gasteiger partial charge is 0.156 e. The van der Waals surface area contributed by atoms with Crippen molar-refractivity contribution in [3.63, 3.8) is 0 Å². The molecule has 4 N–H and O–H groups in total. The minimum atomic E-state index is 0.0479. The van der Waals surface area contributed by atoms with Crippen molar-refractivity contribution in [3.8, 4) is 0 Å². The fourth-order valence-electron chi connectivity index (χ4n) is 2.45.